The van der Waals surface area contributed by atoms with Crippen LogP contribution in [0.25, 0.3) is 9.88 Å². The van der Waals surface area contributed by atoms with Crippen molar-refractivity contribution in [2.75, 3.05) is 6.54 Å². The number of nitrogens with one attached hydrogen (secondary N) is 1. The van der Waals surface area contributed by atoms with Crippen LogP contribution in [0.1, 0.15) is 54.6 Å². The summed E-state index contributed by atoms with van der Waals surface area (Å²) in [6, 6.07) is 2.69. The van der Waals surface area contributed by atoms with Gasteiger partial charge >= 0.3 is 0 Å². The summed E-state index contributed by atoms with van der Waals surface area (Å²) in [7, 11) is 0. The van der Waals surface area contributed by atoms with Crippen LogP contribution in [0, 0.1) is 0 Å². The number of nitrogens with zero attached hydrogens (tertiary/aromatic N) is 2. The average Bonchev–Trinajstić information content (AvgIpc) is 3.10. The molecule has 1 aliphatic rings. The van der Waals surface area contributed by atoms with Crippen molar-refractivity contribution in [1.29, 1.82) is 0 Å². The van der Waals surface area contributed by atoms with Crippen LogP contribution in [0.5, 0.6) is 0 Å². The maximum atomic E-state index is 4.42. The highest BCUT2D eigenvalue weighted by atomic mass is 32.1. The molecule has 1 atom stereocenters. The van der Waals surface area contributed by atoms with Crippen LogP contribution in [0.15, 0.2) is 6.07 Å². The molecule has 1 N–H and O–H groups in total. The summed E-state index contributed by atoms with van der Waals surface area (Å²) in [6.45, 7) is 5.30. The first kappa shape index (κ1) is 14.2. The molecule has 108 valence electrons. The van der Waals surface area contributed by atoms with Gasteiger partial charge in [0.05, 0.1) is 10.9 Å². The van der Waals surface area contributed by atoms with Gasteiger partial charge < -0.3 is 5.32 Å². The van der Waals surface area contributed by atoms with Gasteiger partial charge in [0.15, 0.2) is 5.01 Å². The molecule has 0 amide bonds. The summed E-state index contributed by atoms with van der Waals surface area (Å²) in [5, 5.41) is 14.5. The third-order valence-corrected chi connectivity index (χ3v) is 6.25. The van der Waals surface area contributed by atoms with Crippen molar-refractivity contribution in [2.45, 2.75) is 52.0 Å². The minimum absolute atomic E-state index is 0.348. The van der Waals surface area contributed by atoms with E-state index in [1.165, 1.54) is 30.6 Å². The summed E-state index contributed by atoms with van der Waals surface area (Å²) in [5.74, 6) is 0. The Balaban J connectivity index is 1.84. The molecule has 2 aromatic heterocycles. The van der Waals surface area contributed by atoms with Gasteiger partial charge in [0.1, 0.15) is 5.01 Å². The number of fused-ring (bicyclic) bond motifs is 1. The van der Waals surface area contributed by atoms with Gasteiger partial charge in [0, 0.05) is 4.88 Å². The fourth-order valence-electron chi connectivity index (χ4n) is 2.72. The molecule has 0 fully saturated rings. The molecular formula is C15H21N3S2. The molecule has 0 bridgehead atoms. The molecule has 0 aliphatic heterocycles. The zero-order chi connectivity index (χ0) is 13.9. The van der Waals surface area contributed by atoms with Gasteiger partial charge in [0.25, 0.3) is 0 Å². The van der Waals surface area contributed by atoms with E-state index in [0.717, 1.165) is 23.0 Å². The van der Waals surface area contributed by atoms with E-state index in [0.29, 0.717) is 6.04 Å². The molecule has 1 unspecified atom stereocenters. The minimum Gasteiger partial charge on any atom is -0.308 e. The van der Waals surface area contributed by atoms with Gasteiger partial charge in [-0.25, -0.2) is 0 Å². The van der Waals surface area contributed by atoms with Crippen molar-refractivity contribution in [3.05, 3.63) is 21.5 Å². The Labute approximate surface area is 128 Å². The van der Waals surface area contributed by atoms with Gasteiger partial charge in [-0.15, -0.1) is 21.5 Å². The van der Waals surface area contributed by atoms with Gasteiger partial charge in [-0.3, -0.25) is 0 Å². The molecule has 3 rings (SSSR count). The van der Waals surface area contributed by atoms with Crippen LogP contribution in [0.3, 0.4) is 0 Å². The highest BCUT2D eigenvalue weighted by molar-refractivity contribution is 7.21. The normalized spacial score (nSPS) is 16.1. The van der Waals surface area contributed by atoms with Crippen LogP contribution >= 0.6 is 22.7 Å². The van der Waals surface area contributed by atoms with Crippen molar-refractivity contribution in [3.63, 3.8) is 0 Å². The predicted molar refractivity (Wildman–Crippen MR) is 86.6 cm³/mol. The number of thiophene rings is 1. The molecule has 0 radical (unpaired) electrons. The van der Waals surface area contributed by atoms with E-state index >= 15 is 0 Å². The molecule has 0 saturated carbocycles. The Morgan fingerprint density at radius 1 is 1.20 bits per heavy atom. The maximum absolute atomic E-state index is 4.42. The lowest BCUT2D eigenvalue weighted by atomic mass is 9.99. The number of hydrogen-bond donors (Lipinski definition) is 1. The highest BCUT2D eigenvalue weighted by Gasteiger charge is 2.18. The SMILES string of the molecule is CCNC(CC)c1nnc(-c2cc3c(s2)CCCC3)s1. The Hall–Kier alpha value is -0.780. The highest BCUT2D eigenvalue weighted by Crippen LogP contribution is 2.37. The molecule has 5 heteroatoms. The first-order valence-corrected chi connectivity index (χ1v) is 9.13. The molecule has 2 aromatic rings. The zero-order valence-electron chi connectivity index (χ0n) is 12.1. The number of rotatable bonds is 5. The lowest BCUT2D eigenvalue weighted by Crippen LogP contribution is -2.19. The maximum Gasteiger partial charge on any atom is 0.157 e. The molecule has 1 aliphatic carbocycles. The largest absolute Gasteiger partial charge is 0.308 e. The molecule has 2 heterocycles. The lowest BCUT2D eigenvalue weighted by Gasteiger charge is -2.10. The molecule has 0 spiro atoms. The monoisotopic (exact) mass is 307 g/mol. The average molecular weight is 307 g/mol. The Kier molecular flexibility index (Phi) is 4.48. The van der Waals surface area contributed by atoms with E-state index in [2.05, 4.69) is 35.4 Å². The summed E-state index contributed by atoms with van der Waals surface area (Å²) in [5.41, 5.74) is 1.55. The van der Waals surface area contributed by atoms with Crippen molar-refractivity contribution in [3.8, 4) is 9.88 Å². The van der Waals surface area contributed by atoms with Crippen LogP contribution in [0.2, 0.25) is 0 Å². The van der Waals surface area contributed by atoms with Crippen LogP contribution in [0.4, 0.5) is 0 Å². The van der Waals surface area contributed by atoms with E-state index in [4.69, 9.17) is 0 Å². The third-order valence-electron chi connectivity index (χ3n) is 3.80. The van der Waals surface area contributed by atoms with Crippen molar-refractivity contribution in [2.24, 2.45) is 0 Å². The first-order chi connectivity index (χ1) is 9.81. The summed E-state index contributed by atoms with van der Waals surface area (Å²) < 4.78 is 0. The number of aryl methyl sites for hydroxylation is 2. The number of hydrogen-bond acceptors (Lipinski definition) is 5. The molecule has 20 heavy (non-hydrogen) atoms. The second kappa shape index (κ2) is 6.33. The summed E-state index contributed by atoms with van der Waals surface area (Å²) >= 11 is 3.67. The summed E-state index contributed by atoms with van der Waals surface area (Å²) in [4.78, 5) is 2.88. The van der Waals surface area contributed by atoms with Crippen molar-refractivity contribution >= 4 is 22.7 Å². The minimum atomic E-state index is 0.348. The fraction of sp³-hybridized carbons (Fsp3) is 0.600. The van der Waals surface area contributed by atoms with E-state index in [-0.39, 0.29) is 0 Å². The van der Waals surface area contributed by atoms with E-state index in [9.17, 15) is 0 Å². The van der Waals surface area contributed by atoms with Crippen LogP contribution in [-0.2, 0) is 12.8 Å². The van der Waals surface area contributed by atoms with Gasteiger partial charge in [-0.2, -0.15) is 0 Å². The quantitative estimate of drug-likeness (QED) is 0.899. The first-order valence-electron chi connectivity index (χ1n) is 7.50. The van der Waals surface area contributed by atoms with Crippen molar-refractivity contribution < 1.29 is 0 Å². The van der Waals surface area contributed by atoms with E-state index < -0.39 is 0 Å². The smallest absolute Gasteiger partial charge is 0.157 e. The topological polar surface area (TPSA) is 37.8 Å². The molecule has 0 saturated heterocycles. The standard InChI is InChI=1S/C15H21N3S2/c1-3-11(16-4-2)14-17-18-15(20-14)13-9-10-7-5-6-8-12(10)19-13/h9,11,16H,3-8H2,1-2H3. The van der Waals surface area contributed by atoms with Crippen LogP contribution < -0.4 is 5.32 Å². The van der Waals surface area contributed by atoms with Crippen LogP contribution in [-0.4, -0.2) is 16.7 Å². The molecule has 0 aromatic carbocycles. The third kappa shape index (κ3) is 2.80. The predicted octanol–water partition coefficient (Wildman–Crippen LogP) is 4.21. The number of aromatic nitrogens is 2. The van der Waals surface area contributed by atoms with Crippen molar-refractivity contribution in [1.82, 2.24) is 15.5 Å². The Morgan fingerprint density at radius 2 is 2.05 bits per heavy atom. The van der Waals surface area contributed by atoms with Gasteiger partial charge in [-0.1, -0.05) is 25.2 Å². The van der Waals surface area contributed by atoms with Gasteiger partial charge in [0.2, 0.25) is 0 Å². The second-order valence-electron chi connectivity index (χ2n) is 5.23. The Bertz CT molecular complexity index is 550. The van der Waals surface area contributed by atoms with E-state index in [1.807, 2.05) is 11.3 Å². The van der Waals surface area contributed by atoms with E-state index in [1.54, 1.807) is 21.8 Å². The summed E-state index contributed by atoms with van der Waals surface area (Å²) in [6.07, 6.45) is 6.23. The second-order valence-corrected chi connectivity index (χ2v) is 7.38. The molecular weight excluding hydrogens is 286 g/mol. The lowest BCUT2D eigenvalue weighted by molar-refractivity contribution is 0.531. The van der Waals surface area contributed by atoms with Gasteiger partial charge in [-0.05, 0) is 50.3 Å². The molecule has 3 nitrogen and oxygen atoms in total. The fourth-order valence-corrected chi connectivity index (χ4v) is 5.02. The Morgan fingerprint density at radius 3 is 2.80 bits per heavy atom. The zero-order valence-corrected chi connectivity index (χ0v) is 13.7.